The number of hydrogen-bond acceptors (Lipinski definition) is 3. The van der Waals surface area contributed by atoms with Crippen molar-refractivity contribution in [1.82, 2.24) is 15.2 Å². The van der Waals surface area contributed by atoms with Gasteiger partial charge in [-0.1, -0.05) is 35.9 Å². The van der Waals surface area contributed by atoms with Gasteiger partial charge >= 0.3 is 0 Å². The molecule has 3 aromatic rings. The Morgan fingerprint density at radius 3 is 2.27 bits per heavy atom. The first-order valence-electron chi connectivity index (χ1n) is 8.14. The van der Waals surface area contributed by atoms with Gasteiger partial charge in [0.05, 0.1) is 17.1 Å². The number of H-pyrrole nitrogens is 1. The van der Waals surface area contributed by atoms with E-state index in [1.165, 1.54) is 4.68 Å². The Balaban J connectivity index is 1.63. The number of carbonyl (C=O) groups is 1. The Kier molecular flexibility index (Phi) is 4.18. The van der Waals surface area contributed by atoms with Crippen LogP contribution in [-0.2, 0) is 4.79 Å². The normalized spacial score (nSPS) is 14.0. The fraction of sp³-hybridized carbons (Fsp3) is 0.105. The molecule has 0 radical (unpaired) electrons. The zero-order valence-electron chi connectivity index (χ0n) is 13.7. The van der Waals surface area contributed by atoms with Gasteiger partial charge in [0.15, 0.2) is 0 Å². The van der Waals surface area contributed by atoms with E-state index in [1.807, 2.05) is 36.4 Å². The first kappa shape index (κ1) is 16.4. The molecule has 7 heteroatoms. The number of rotatable bonds is 3. The van der Waals surface area contributed by atoms with Crippen LogP contribution in [0.1, 0.15) is 18.4 Å². The van der Waals surface area contributed by atoms with Gasteiger partial charge in [-0.2, -0.15) is 5.10 Å². The van der Waals surface area contributed by atoms with Crippen LogP contribution in [0.4, 0.5) is 0 Å². The number of nitrogens with one attached hydrogen (secondary N) is 2. The Morgan fingerprint density at radius 1 is 0.923 bits per heavy atom. The molecule has 26 heavy (non-hydrogen) atoms. The van der Waals surface area contributed by atoms with E-state index in [9.17, 15) is 9.59 Å². The summed E-state index contributed by atoms with van der Waals surface area (Å²) in [7, 11) is 0. The van der Waals surface area contributed by atoms with Crippen molar-refractivity contribution in [3.05, 3.63) is 75.5 Å². The molecule has 1 amide bonds. The van der Waals surface area contributed by atoms with Crippen LogP contribution in [0.5, 0.6) is 0 Å². The quantitative estimate of drug-likeness (QED) is 0.747. The van der Waals surface area contributed by atoms with E-state index in [1.54, 1.807) is 18.2 Å². The zero-order valence-corrected chi connectivity index (χ0v) is 14.5. The topological polar surface area (TPSA) is 79.2 Å². The number of aromatic amines is 1. The van der Waals surface area contributed by atoms with Crippen molar-refractivity contribution in [2.45, 2.75) is 12.8 Å². The Labute approximate surface area is 154 Å². The van der Waals surface area contributed by atoms with Crippen molar-refractivity contribution in [1.29, 1.82) is 0 Å². The van der Waals surface area contributed by atoms with Gasteiger partial charge in [0, 0.05) is 23.9 Å². The molecule has 2 aromatic carbocycles. The summed E-state index contributed by atoms with van der Waals surface area (Å²) >= 11 is 5.91. The second kappa shape index (κ2) is 6.65. The highest BCUT2D eigenvalue weighted by atomic mass is 35.5. The van der Waals surface area contributed by atoms with Gasteiger partial charge in [0.25, 0.3) is 5.56 Å². The van der Waals surface area contributed by atoms with Crippen LogP contribution < -0.4 is 11.0 Å². The molecule has 130 valence electrons. The molecule has 2 heterocycles. The molecule has 0 fully saturated rings. The molecule has 0 saturated carbocycles. The summed E-state index contributed by atoms with van der Waals surface area (Å²) < 4.78 is 1.48. The van der Waals surface area contributed by atoms with Crippen LogP contribution in [0.2, 0.25) is 5.02 Å². The third kappa shape index (κ3) is 3.19. The lowest BCUT2D eigenvalue weighted by atomic mass is 10.0. The van der Waals surface area contributed by atoms with Crippen LogP contribution in [0.3, 0.4) is 0 Å². The van der Waals surface area contributed by atoms with Gasteiger partial charge in [0.1, 0.15) is 0 Å². The Morgan fingerprint density at radius 2 is 1.62 bits per heavy atom. The van der Waals surface area contributed by atoms with Gasteiger partial charge < -0.3 is 0 Å². The minimum Gasteiger partial charge on any atom is -0.290 e. The lowest BCUT2D eigenvalue weighted by Gasteiger charge is -2.12. The van der Waals surface area contributed by atoms with E-state index in [2.05, 4.69) is 15.6 Å². The average Bonchev–Trinajstić information content (AvgIpc) is 3.05. The molecule has 1 aliphatic heterocycles. The number of benzene rings is 2. The number of carbonyl (C=O) groups excluding carboxylic acids is 1. The van der Waals surface area contributed by atoms with E-state index in [0.717, 1.165) is 28.2 Å². The third-order valence-corrected chi connectivity index (χ3v) is 4.49. The van der Waals surface area contributed by atoms with Crippen LogP contribution in [0, 0.1) is 0 Å². The number of hydrazone groups is 1. The molecule has 0 aliphatic carbocycles. The van der Waals surface area contributed by atoms with E-state index in [0.29, 0.717) is 17.9 Å². The molecule has 0 bridgehead atoms. The van der Waals surface area contributed by atoms with E-state index < -0.39 is 0 Å². The summed E-state index contributed by atoms with van der Waals surface area (Å²) in [6, 6.07) is 16.3. The molecule has 2 N–H and O–H groups in total. The van der Waals surface area contributed by atoms with Gasteiger partial charge in [-0.25, -0.2) is 10.1 Å². The van der Waals surface area contributed by atoms with Gasteiger partial charge in [-0.15, -0.1) is 0 Å². The number of halogens is 1. The number of nitrogens with zero attached hydrogens (tertiary/aromatic N) is 2. The minimum absolute atomic E-state index is 0.0713. The smallest absolute Gasteiger partial charge is 0.271 e. The highest BCUT2D eigenvalue weighted by Crippen LogP contribution is 2.19. The lowest BCUT2D eigenvalue weighted by Crippen LogP contribution is -2.25. The van der Waals surface area contributed by atoms with Crippen LogP contribution >= 0.6 is 11.6 Å². The SMILES string of the molecule is O=C1CCC(c2ccc(-n3[nH]c(-c4ccc(Cl)cc4)cc3=O)cc2)=NN1. The third-order valence-electron chi connectivity index (χ3n) is 4.24. The molecule has 0 spiro atoms. The van der Waals surface area contributed by atoms with Gasteiger partial charge in [-0.3, -0.25) is 14.7 Å². The van der Waals surface area contributed by atoms with Gasteiger partial charge in [0.2, 0.25) is 5.91 Å². The van der Waals surface area contributed by atoms with Crippen molar-refractivity contribution in [3.63, 3.8) is 0 Å². The maximum atomic E-state index is 12.3. The zero-order chi connectivity index (χ0) is 18.1. The summed E-state index contributed by atoms with van der Waals surface area (Å²) in [6.45, 7) is 0. The van der Waals surface area contributed by atoms with Crippen LogP contribution in [-0.4, -0.2) is 21.4 Å². The highest BCUT2D eigenvalue weighted by molar-refractivity contribution is 6.30. The van der Waals surface area contributed by atoms with Crippen molar-refractivity contribution >= 4 is 23.2 Å². The number of amides is 1. The first-order chi connectivity index (χ1) is 12.6. The first-order valence-corrected chi connectivity index (χ1v) is 8.52. The monoisotopic (exact) mass is 366 g/mol. The number of hydrogen-bond donors (Lipinski definition) is 2. The van der Waals surface area contributed by atoms with E-state index in [4.69, 9.17) is 11.6 Å². The molecule has 0 saturated heterocycles. The maximum absolute atomic E-state index is 12.3. The maximum Gasteiger partial charge on any atom is 0.271 e. The molecular weight excluding hydrogens is 352 g/mol. The Hall–Kier alpha value is -3.12. The summed E-state index contributed by atoms with van der Waals surface area (Å²) in [5, 5.41) is 7.84. The minimum atomic E-state index is -0.148. The highest BCUT2D eigenvalue weighted by Gasteiger charge is 2.13. The molecule has 1 aliphatic rings. The van der Waals surface area contributed by atoms with E-state index >= 15 is 0 Å². The fourth-order valence-corrected chi connectivity index (χ4v) is 2.98. The van der Waals surface area contributed by atoms with Gasteiger partial charge in [-0.05, 0) is 35.4 Å². The summed E-state index contributed by atoms with van der Waals surface area (Å²) in [5.41, 5.74) is 6.42. The standard InChI is InChI=1S/C19H15ClN4O2/c20-14-5-1-13(2-6-14)17-11-19(26)24(23-17)15-7-3-12(4-8-15)16-9-10-18(25)22-21-16/h1-8,11,23H,9-10H2,(H,22,25). The number of aromatic nitrogens is 2. The average molecular weight is 367 g/mol. The van der Waals surface area contributed by atoms with E-state index in [-0.39, 0.29) is 11.5 Å². The largest absolute Gasteiger partial charge is 0.290 e. The summed E-state index contributed by atoms with van der Waals surface area (Å²) in [5.74, 6) is -0.0713. The molecule has 6 nitrogen and oxygen atoms in total. The molecule has 0 atom stereocenters. The van der Waals surface area contributed by atoms with Crippen molar-refractivity contribution in [2.75, 3.05) is 0 Å². The Bertz CT molecular complexity index is 1050. The van der Waals surface area contributed by atoms with Crippen LogP contribution in [0.15, 0.2) is 64.5 Å². The summed E-state index contributed by atoms with van der Waals surface area (Å²) in [4.78, 5) is 23.5. The second-order valence-electron chi connectivity index (χ2n) is 5.99. The summed E-state index contributed by atoms with van der Waals surface area (Å²) in [6.07, 6.45) is 1.04. The molecule has 4 rings (SSSR count). The predicted molar refractivity (Wildman–Crippen MR) is 101 cm³/mol. The van der Waals surface area contributed by atoms with Crippen molar-refractivity contribution < 1.29 is 4.79 Å². The lowest BCUT2D eigenvalue weighted by molar-refractivity contribution is -0.121. The fourth-order valence-electron chi connectivity index (χ4n) is 2.85. The molecule has 1 aromatic heterocycles. The molecular formula is C19H15ClN4O2. The van der Waals surface area contributed by atoms with Crippen LogP contribution in [0.25, 0.3) is 16.9 Å². The van der Waals surface area contributed by atoms with Crippen molar-refractivity contribution in [3.8, 4) is 16.9 Å². The molecule has 0 unspecified atom stereocenters. The second-order valence-corrected chi connectivity index (χ2v) is 6.43. The van der Waals surface area contributed by atoms with Crippen molar-refractivity contribution in [2.24, 2.45) is 5.10 Å². The predicted octanol–water partition coefficient (Wildman–Crippen LogP) is 3.10.